The van der Waals surface area contributed by atoms with Crippen molar-refractivity contribution in [2.75, 3.05) is 26.8 Å². The third-order valence-electron chi connectivity index (χ3n) is 10.4. The Hall–Kier alpha value is -1.52. The van der Waals surface area contributed by atoms with E-state index in [2.05, 4.69) is 62.5 Å². The molecule has 1 saturated heterocycles. The van der Waals surface area contributed by atoms with Crippen LogP contribution in [0, 0.1) is 17.3 Å². The Balaban J connectivity index is 1.45. The number of allylic oxidation sites excluding steroid dienone is 4. The standard InChI is InChI=1S/C31H45FN2O/c1-6-23(18-22(3)21-33-7-2)27-10-11-28-29(27,4)13-12-25-19-24-8-9-26(34(5)17-16-32)20-30(24)14-15-31(25,28)35-30/h12,18-19,21,26-28H,3,6-11,13-17,20H2,1-2,4-5H3. The SMILES string of the molecule is C=C(C=NCC)C=C(CC)C1CCC2C34CCC5(CC(N(C)CCF)CCC5=CC3=CCC12C)O4. The fourth-order valence-electron chi connectivity index (χ4n) is 8.62. The maximum atomic E-state index is 13.1. The van der Waals surface area contributed by atoms with Crippen molar-refractivity contribution < 1.29 is 9.13 Å². The first kappa shape index (κ1) is 25.1. The quantitative estimate of drug-likeness (QED) is 0.276. The van der Waals surface area contributed by atoms with Crippen LogP contribution in [0.5, 0.6) is 0 Å². The van der Waals surface area contributed by atoms with Gasteiger partial charge in [-0.1, -0.05) is 44.2 Å². The number of alkyl halides is 1. The van der Waals surface area contributed by atoms with Crippen molar-refractivity contribution in [3.63, 3.8) is 0 Å². The van der Waals surface area contributed by atoms with Crippen molar-refractivity contribution in [3.8, 4) is 0 Å². The molecular weight excluding hydrogens is 435 g/mol. The molecule has 0 radical (unpaired) electrons. The summed E-state index contributed by atoms with van der Waals surface area (Å²) in [4.78, 5) is 6.64. The van der Waals surface area contributed by atoms with E-state index >= 15 is 0 Å². The average molecular weight is 481 g/mol. The van der Waals surface area contributed by atoms with Gasteiger partial charge in [-0.3, -0.25) is 4.99 Å². The summed E-state index contributed by atoms with van der Waals surface area (Å²) in [5.41, 5.74) is 5.49. The molecule has 5 aliphatic rings. The third-order valence-corrected chi connectivity index (χ3v) is 10.4. The van der Waals surface area contributed by atoms with Crippen molar-refractivity contribution in [2.45, 2.75) is 95.8 Å². The van der Waals surface area contributed by atoms with Gasteiger partial charge in [0.2, 0.25) is 0 Å². The first-order chi connectivity index (χ1) is 16.8. The molecule has 2 bridgehead atoms. The molecule has 0 aromatic rings. The summed E-state index contributed by atoms with van der Waals surface area (Å²) >= 11 is 0. The summed E-state index contributed by atoms with van der Waals surface area (Å²) in [5.74, 6) is 1.12. The molecule has 0 aromatic heterocycles. The maximum Gasteiger partial charge on any atom is 0.102 e. The Morgan fingerprint density at radius 3 is 2.86 bits per heavy atom. The van der Waals surface area contributed by atoms with Crippen molar-refractivity contribution >= 4 is 6.21 Å². The van der Waals surface area contributed by atoms with Crippen LogP contribution in [0.25, 0.3) is 0 Å². The lowest BCUT2D eigenvalue weighted by atomic mass is 9.57. The first-order valence-electron chi connectivity index (χ1n) is 14.1. The van der Waals surface area contributed by atoms with Crippen molar-refractivity contribution in [3.05, 3.63) is 47.1 Å². The van der Waals surface area contributed by atoms with Crippen LogP contribution >= 0.6 is 0 Å². The number of fused-ring (bicyclic) bond motifs is 1. The van der Waals surface area contributed by atoms with Gasteiger partial charge in [0.15, 0.2) is 0 Å². The molecule has 2 spiro atoms. The van der Waals surface area contributed by atoms with E-state index in [1.165, 1.54) is 29.6 Å². The molecular formula is C31H45FN2O. The number of hydrogen-bond donors (Lipinski definition) is 0. The molecule has 0 aromatic carbocycles. The van der Waals surface area contributed by atoms with Crippen LogP contribution < -0.4 is 0 Å². The van der Waals surface area contributed by atoms with Crippen molar-refractivity contribution in [2.24, 2.45) is 22.2 Å². The monoisotopic (exact) mass is 480 g/mol. The zero-order valence-corrected chi connectivity index (χ0v) is 22.4. The van der Waals surface area contributed by atoms with E-state index < -0.39 is 0 Å². The lowest BCUT2D eigenvalue weighted by Crippen LogP contribution is -2.55. The van der Waals surface area contributed by atoms with Gasteiger partial charge in [-0.2, -0.15) is 0 Å². The molecule has 2 saturated carbocycles. The topological polar surface area (TPSA) is 24.8 Å². The van der Waals surface area contributed by atoms with E-state index in [9.17, 15) is 4.39 Å². The number of hydrogen-bond acceptors (Lipinski definition) is 3. The molecule has 35 heavy (non-hydrogen) atoms. The van der Waals surface area contributed by atoms with Gasteiger partial charge >= 0.3 is 0 Å². The summed E-state index contributed by atoms with van der Waals surface area (Å²) in [7, 11) is 2.09. The van der Waals surface area contributed by atoms with Gasteiger partial charge < -0.3 is 9.64 Å². The second-order valence-electron chi connectivity index (χ2n) is 12.0. The molecule has 6 atom stereocenters. The molecule has 3 fully saturated rings. The molecule has 5 rings (SSSR count). The minimum Gasteiger partial charge on any atom is -0.359 e. The Morgan fingerprint density at radius 2 is 2.11 bits per heavy atom. The second-order valence-corrected chi connectivity index (χ2v) is 12.0. The van der Waals surface area contributed by atoms with Crippen LogP contribution in [0.3, 0.4) is 0 Å². The summed E-state index contributed by atoms with van der Waals surface area (Å²) in [6.45, 7) is 12.2. The normalized spacial score (nSPS) is 40.4. The van der Waals surface area contributed by atoms with E-state index in [0.717, 1.165) is 57.1 Å². The Labute approximate surface area is 212 Å². The third kappa shape index (κ3) is 3.94. The summed E-state index contributed by atoms with van der Waals surface area (Å²) in [5, 5.41) is 0. The highest BCUT2D eigenvalue weighted by atomic mass is 19.1. The molecule has 3 nitrogen and oxygen atoms in total. The highest BCUT2D eigenvalue weighted by molar-refractivity contribution is 5.81. The molecule has 3 aliphatic carbocycles. The number of rotatable bonds is 8. The van der Waals surface area contributed by atoms with Crippen LogP contribution in [-0.2, 0) is 4.74 Å². The summed E-state index contributed by atoms with van der Waals surface area (Å²) in [6.07, 6.45) is 19.5. The largest absolute Gasteiger partial charge is 0.359 e. The number of nitrogens with zero attached hydrogens (tertiary/aromatic N) is 2. The van der Waals surface area contributed by atoms with Crippen LogP contribution in [0.15, 0.2) is 52.1 Å². The smallest absolute Gasteiger partial charge is 0.102 e. The fourth-order valence-corrected chi connectivity index (χ4v) is 8.62. The Kier molecular flexibility index (Phi) is 6.76. The highest BCUT2D eigenvalue weighted by Gasteiger charge is 2.66. The number of aliphatic imine (C=N–C) groups is 1. The lowest BCUT2D eigenvalue weighted by Gasteiger charge is -2.55. The van der Waals surface area contributed by atoms with Gasteiger partial charge in [0.25, 0.3) is 0 Å². The zero-order valence-electron chi connectivity index (χ0n) is 22.4. The van der Waals surface area contributed by atoms with Crippen LogP contribution in [0.2, 0.25) is 0 Å². The van der Waals surface area contributed by atoms with Gasteiger partial charge in [0.05, 0.1) is 11.2 Å². The fraction of sp³-hybridized carbons (Fsp3) is 0.710. The Bertz CT molecular complexity index is 978. The number of halogens is 1. The molecule has 4 heteroatoms. The predicted molar refractivity (Wildman–Crippen MR) is 144 cm³/mol. The van der Waals surface area contributed by atoms with Crippen LogP contribution in [-0.4, -0.2) is 55.2 Å². The second kappa shape index (κ2) is 9.41. The van der Waals surface area contributed by atoms with Gasteiger partial charge in [-0.25, -0.2) is 4.39 Å². The van der Waals surface area contributed by atoms with Crippen LogP contribution in [0.4, 0.5) is 4.39 Å². The molecule has 192 valence electrons. The summed E-state index contributed by atoms with van der Waals surface area (Å²) < 4.78 is 20.5. The number of ether oxygens (including phenoxy) is 1. The van der Waals surface area contributed by atoms with E-state index in [1.54, 1.807) is 0 Å². The minimum atomic E-state index is -0.272. The molecule has 0 amide bonds. The maximum absolute atomic E-state index is 13.1. The zero-order chi connectivity index (χ0) is 24.8. The molecule has 2 aliphatic heterocycles. The average Bonchev–Trinajstić information content (AvgIpc) is 3.36. The van der Waals surface area contributed by atoms with Crippen LogP contribution in [0.1, 0.15) is 78.6 Å². The highest BCUT2D eigenvalue weighted by Crippen LogP contribution is 2.68. The van der Waals surface area contributed by atoms with Gasteiger partial charge in [-0.15, -0.1) is 0 Å². The van der Waals surface area contributed by atoms with Crippen molar-refractivity contribution in [1.82, 2.24) is 4.90 Å². The molecule has 2 heterocycles. The van der Waals surface area contributed by atoms with E-state index in [0.29, 0.717) is 24.4 Å². The molecule has 6 unspecified atom stereocenters. The summed E-state index contributed by atoms with van der Waals surface area (Å²) in [6, 6.07) is 0.417. The van der Waals surface area contributed by atoms with E-state index in [4.69, 9.17) is 4.74 Å². The lowest BCUT2D eigenvalue weighted by molar-refractivity contribution is -0.141. The molecule has 0 N–H and O–H groups in total. The van der Waals surface area contributed by atoms with Gasteiger partial charge in [-0.05, 0) is 106 Å². The van der Waals surface area contributed by atoms with E-state index in [-0.39, 0.29) is 23.3 Å². The Morgan fingerprint density at radius 1 is 1.29 bits per heavy atom. The minimum absolute atomic E-state index is 0.129. The van der Waals surface area contributed by atoms with Gasteiger partial charge in [0.1, 0.15) is 6.67 Å². The predicted octanol–water partition coefficient (Wildman–Crippen LogP) is 7.01. The van der Waals surface area contributed by atoms with Crippen molar-refractivity contribution in [1.29, 1.82) is 0 Å². The van der Waals surface area contributed by atoms with Gasteiger partial charge in [0, 0.05) is 25.3 Å². The first-order valence-corrected chi connectivity index (χ1v) is 14.1. The van der Waals surface area contributed by atoms with E-state index in [1.807, 2.05) is 6.21 Å².